The van der Waals surface area contributed by atoms with Gasteiger partial charge in [0, 0.05) is 13.1 Å². The van der Waals surface area contributed by atoms with Gasteiger partial charge in [0.25, 0.3) is 0 Å². The molecule has 3 N–H and O–H groups in total. The summed E-state index contributed by atoms with van der Waals surface area (Å²) >= 11 is 0. The van der Waals surface area contributed by atoms with Gasteiger partial charge in [-0.15, -0.1) is 0 Å². The van der Waals surface area contributed by atoms with Crippen LogP contribution in [-0.2, 0) is 14.4 Å². The summed E-state index contributed by atoms with van der Waals surface area (Å²) in [7, 11) is 0. The molecule has 1 rings (SSSR count). The highest BCUT2D eigenvalue weighted by Gasteiger charge is 2.31. The highest BCUT2D eigenvalue weighted by Crippen LogP contribution is 2.08. The lowest BCUT2D eigenvalue weighted by molar-refractivity contribution is -0.144. The van der Waals surface area contributed by atoms with Crippen molar-refractivity contribution in [3.05, 3.63) is 0 Å². The minimum atomic E-state index is -1.19. The second kappa shape index (κ2) is 6.04. The van der Waals surface area contributed by atoms with E-state index in [0.717, 1.165) is 0 Å². The zero-order valence-electron chi connectivity index (χ0n) is 9.43. The molecule has 1 aliphatic heterocycles. The molecule has 0 aliphatic carbocycles. The number of amides is 3. The lowest BCUT2D eigenvalue weighted by Gasteiger charge is -2.33. The number of hydrogen-bond acceptors (Lipinski definition) is 4. The molecule has 8 heteroatoms. The van der Waals surface area contributed by atoms with Crippen LogP contribution in [0.1, 0.15) is 13.3 Å². The molecule has 1 aliphatic rings. The molecular formula is C9H15N3O5. The van der Waals surface area contributed by atoms with Gasteiger partial charge >= 0.3 is 12.0 Å². The average Bonchev–Trinajstić information content (AvgIpc) is 2.28. The predicted octanol–water partition coefficient (Wildman–Crippen LogP) is -1.08. The number of hydroxylamine groups is 1. The Balaban J connectivity index is 2.48. The smallest absolute Gasteiger partial charge is 0.342 e. The van der Waals surface area contributed by atoms with Crippen LogP contribution in [0, 0.1) is 0 Å². The number of nitrogens with one attached hydrogen (secondary N) is 2. The predicted molar refractivity (Wildman–Crippen MR) is 55.9 cm³/mol. The van der Waals surface area contributed by atoms with Crippen LogP contribution in [0.2, 0.25) is 0 Å². The third-order valence-corrected chi connectivity index (χ3v) is 2.33. The fraction of sp³-hybridized carbons (Fsp3) is 0.667. The van der Waals surface area contributed by atoms with Gasteiger partial charge < -0.3 is 15.3 Å². The summed E-state index contributed by atoms with van der Waals surface area (Å²) in [5.74, 6) is -1.40. The van der Waals surface area contributed by atoms with Crippen molar-refractivity contribution in [2.45, 2.75) is 19.4 Å². The monoisotopic (exact) mass is 245 g/mol. The van der Waals surface area contributed by atoms with E-state index in [-0.39, 0.29) is 5.91 Å². The minimum Gasteiger partial charge on any atom is -0.479 e. The zero-order chi connectivity index (χ0) is 12.8. The molecule has 0 aromatic rings. The van der Waals surface area contributed by atoms with Crippen molar-refractivity contribution >= 4 is 17.9 Å². The van der Waals surface area contributed by atoms with Crippen molar-refractivity contribution in [1.29, 1.82) is 0 Å². The molecular weight excluding hydrogens is 230 g/mol. The number of rotatable bonds is 4. The Labute approximate surface area is 97.9 Å². The second-order valence-electron chi connectivity index (χ2n) is 3.50. The van der Waals surface area contributed by atoms with Crippen LogP contribution in [0.5, 0.6) is 0 Å². The molecule has 0 saturated carbocycles. The molecule has 1 fully saturated rings. The molecule has 0 aromatic carbocycles. The summed E-state index contributed by atoms with van der Waals surface area (Å²) in [6.45, 7) is 1.91. The topological polar surface area (TPSA) is 108 Å². The van der Waals surface area contributed by atoms with Gasteiger partial charge in [0.1, 0.15) is 6.04 Å². The van der Waals surface area contributed by atoms with E-state index in [2.05, 4.69) is 10.2 Å². The van der Waals surface area contributed by atoms with Crippen molar-refractivity contribution in [3.8, 4) is 0 Å². The van der Waals surface area contributed by atoms with Gasteiger partial charge in [-0.3, -0.25) is 9.63 Å². The van der Waals surface area contributed by atoms with E-state index in [0.29, 0.717) is 19.5 Å². The summed E-state index contributed by atoms with van der Waals surface area (Å²) in [6.07, 6.45) is 0.484. The van der Waals surface area contributed by atoms with Crippen LogP contribution in [0.15, 0.2) is 0 Å². The number of carboxylic acid groups (broad SMARTS) is 1. The lowest BCUT2D eigenvalue weighted by atomic mass is 10.1. The van der Waals surface area contributed by atoms with Crippen LogP contribution in [0.4, 0.5) is 4.79 Å². The highest BCUT2D eigenvalue weighted by molar-refractivity contribution is 5.87. The van der Waals surface area contributed by atoms with E-state index >= 15 is 0 Å². The lowest BCUT2D eigenvalue weighted by Crippen LogP contribution is -2.59. The first-order valence-corrected chi connectivity index (χ1v) is 5.24. The van der Waals surface area contributed by atoms with Gasteiger partial charge in [-0.2, -0.15) is 0 Å². The first kappa shape index (κ1) is 13.2. The molecule has 1 atom stereocenters. The average molecular weight is 245 g/mol. The number of carbonyl (C=O) groups excluding carboxylic acids is 2. The van der Waals surface area contributed by atoms with E-state index in [1.165, 1.54) is 4.90 Å². The summed E-state index contributed by atoms with van der Waals surface area (Å²) in [5.41, 5.74) is 1.99. The summed E-state index contributed by atoms with van der Waals surface area (Å²) in [4.78, 5) is 39.0. The third-order valence-electron chi connectivity index (χ3n) is 2.33. The Morgan fingerprint density at radius 2 is 2.35 bits per heavy atom. The standard InChI is InChI=1S/C9H15N3O5/c1-2-6-8(15)10-3-4-12(6)9(16)11-17-5-7(13)14/h6H,2-5H2,1H3,(H,10,15)(H,11,16)(H,13,14). The summed E-state index contributed by atoms with van der Waals surface area (Å²) in [6, 6.07) is -1.15. The summed E-state index contributed by atoms with van der Waals surface area (Å²) < 4.78 is 0. The molecule has 8 nitrogen and oxygen atoms in total. The molecule has 1 saturated heterocycles. The van der Waals surface area contributed by atoms with Gasteiger partial charge in [-0.25, -0.2) is 15.1 Å². The fourth-order valence-corrected chi connectivity index (χ4v) is 1.58. The van der Waals surface area contributed by atoms with Crippen molar-refractivity contribution < 1.29 is 24.3 Å². The van der Waals surface area contributed by atoms with Gasteiger partial charge in [0.2, 0.25) is 5.91 Å². The molecule has 0 aromatic heterocycles. The zero-order valence-corrected chi connectivity index (χ0v) is 9.43. The van der Waals surface area contributed by atoms with Crippen molar-refractivity contribution in [2.24, 2.45) is 0 Å². The summed E-state index contributed by atoms with van der Waals surface area (Å²) in [5, 5.41) is 11.0. The Morgan fingerprint density at radius 3 is 2.94 bits per heavy atom. The van der Waals surface area contributed by atoms with Crippen molar-refractivity contribution in [1.82, 2.24) is 15.7 Å². The van der Waals surface area contributed by atoms with Crippen LogP contribution >= 0.6 is 0 Å². The van der Waals surface area contributed by atoms with E-state index < -0.39 is 24.6 Å². The van der Waals surface area contributed by atoms with Gasteiger partial charge in [-0.1, -0.05) is 6.92 Å². The number of carbonyl (C=O) groups is 3. The number of carboxylic acids is 1. The maximum absolute atomic E-state index is 11.6. The van der Waals surface area contributed by atoms with Crippen molar-refractivity contribution in [3.63, 3.8) is 0 Å². The maximum atomic E-state index is 11.6. The fourth-order valence-electron chi connectivity index (χ4n) is 1.58. The highest BCUT2D eigenvalue weighted by atomic mass is 16.7. The van der Waals surface area contributed by atoms with Crippen LogP contribution in [0.25, 0.3) is 0 Å². The van der Waals surface area contributed by atoms with Gasteiger partial charge in [0.15, 0.2) is 6.61 Å². The van der Waals surface area contributed by atoms with Crippen LogP contribution in [-0.4, -0.2) is 53.7 Å². The third kappa shape index (κ3) is 3.59. The molecule has 3 amide bonds. The normalized spacial score (nSPS) is 19.7. The minimum absolute atomic E-state index is 0.216. The Morgan fingerprint density at radius 1 is 1.65 bits per heavy atom. The van der Waals surface area contributed by atoms with Crippen LogP contribution < -0.4 is 10.8 Å². The number of nitrogens with zero attached hydrogens (tertiary/aromatic N) is 1. The molecule has 17 heavy (non-hydrogen) atoms. The van der Waals surface area contributed by atoms with E-state index in [4.69, 9.17) is 5.11 Å². The molecule has 0 radical (unpaired) electrons. The van der Waals surface area contributed by atoms with E-state index in [9.17, 15) is 14.4 Å². The van der Waals surface area contributed by atoms with Crippen molar-refractivity contribution in [2.75, 3.05) is 19.7 Å². The van der Waals surface area contributed by atoms with Gasteiger partial charge in [0.05, 0.1) is 0 Å². The number of piperazine rings is 1. The first-order valence-electron chi connectivity index (χ1n) is 5.24. The SMILES string of the molecule is CCC1C(=O)NCCN1C(=O)NOCC(=O)O. The quantitative estimate of drug-likeness (QED) is 0.546. The first-order chi connectivity index (χ1) is 8.06. The largest absolute Gasteiger partial charge is 0.479 e. The number of aliphatic carboxylic acids is 1. The Hall–Kier alpha value is -1.83. The second-order valence-corrected chi connectivity index (χ2v) is 3.50. The van der Waals surface area contributed by atoms with E-state index in [1.54, 1.807) is 6.92 Å². The Kier molecular flexibility index (Phi) is 4.70. The van der Waals surface area contributed by atoms with Crippen LogP contribution in [0.3, 0.4) is 0 Å². The van der Waals surface area contributed by atoms with Gasteiger partial charge in [-0.05, 0) is 6.42 Å². The Bertz CT molecular complexity index is 320. The molecule has 0 bridgehead atoms. The molecule has 0 spiro atoms. The molecule has 1 unspecified atom stereocenters. The maximum Gasteiger partial charge on any atom is 0.342 e. The number of hydrogen-bond donors (Lipinski definition) is 3. The number of urea groups is 1. The molecule has 96 valence electrons. The van der Waals surface area contributed by atoms with E-state index in [1.807, 2.05) is 5.48 Å². The molecule has 1 heterocycles.